The van der Waals surface area contributed by atoms with Crippen LogP contribution in [-0.4, -0.2) is 45.0 Å². The zero-order valence-electron chi connectivity index (χ0n) is 21.3. The summed E-state index contributed by atoms with van der Waals surface area (Å²) in [6.07, 6.45) is 1.31. The van der Waals surface area contributed by atoms with E-state index in [1.165, 1.54) is 6.92 Å². The lowest BCUT2D eigenvalue weighted by atomic mass is 9.81. The van der Waals surface area contributed by atoms with Gasteiger partial charge in [0.2, 0.25) is 11.8 Å². The number of aryl methyl sites for hydroxylation is 1. The van der Waals surface area contributed by atoms with Gasteiger partial charge in [-0.3, -0.25) is 24.6 Å². The van der Waals surface area contributed by atoms with Gasteiger partial charge >= 0.3 is 0 Å². The molecule has 4 rings (SSSR count). The normalized spacial score (nSPS) is 19.4. The first kappa shape index (κ1) is 26.1. The molecule has 1 aliphatic heterocycles. The Hall–Kier alpha value is -3.98. The number of amides is 3. The molecule has 0 aliphatic carbocycles. The maximum Gasteiger partial charge on any atom is 0.253 e. The van der Waals surface area contributed by atoms with Crippen LogP contribution in [0.1, 0.15) is 54.7 Å². The molecule has 3 aromatic rings. The number of rotatable bonds is 7. The molecule has 1 aliphatic rings. The second kappa shape index (κ2) is 11.0. The van der Waals surface area contributed by atoms with Crippen molar-refractivity contribution >= 4 is 28.6 Å². The number of para-hydroxylation sites is 1. The van der Waals surface area contributed by atoms with Crippen LogP contribution in [0.2, 0.25) is 0 Å². The van der Waals surface area contributed by atoms with E-state index in [0.29, 0.717) is 37.3 Å². The lowest BCUT2D eigenvalue weighted by molar-refractivity contribution is -0.145. The van der Waals surface area contributed by atoms with Gasteiger partial charge in [-0.25, -0.2) is 5.48 Å². The van der Waals surface area contributed by atoms with Gasteiger partial charge in [-0.05, 0) is 63.1 Å². The fraction of sp³-hybridized carbons (Fsp3) is 0.357. The molecule has 3 N–H and O–H groups in total. The summed E-state index contributed by atoms with van der Waals surface area (Å²) in [7, 11) is 0. The molecule has 1 fully saturated rings. The fourth-order valence-electron chi connectivity index (χ4n) is 5.13. The Bertz CT molecular complexity index is 1310. The SMILES string of the molecule is CC(=O)N1CCC[C@@H](CC(=O)NO)[C@@]1(C)NC(=O)c1ccc(OCc2cc(C)nc3ccccc23)cc1. The first-order valence-corrected chi connectivity index (χ1v) is 12.3. The molecule has 0 spiro atoms. The van der Waals surface area contributed by atoms with Crippen LogP contribution in [0.5, 0.6) is 5.75 Å². The summed E-state index contributed by atoms with van der Waals surface area (Å²) in [5.74, 6) is -0.870. The van der Waals surface area contributed by atoms with Crippen LogP contribution in [0, 0.1) is 12.8 Å². The highest BCUT2D eigenvalue weighted by molar-refractivity contribution is 5.95. The summed E-state index contributed by atoms with van der Waals surface area (Å²) in [6.45, 7) is 5.97. The number of hydrogen-bond donors (Lipinski definition) is 3. The maximum atomic E-state index is 13.2. The van der Waals surface area contributed by atoms with Crippen LogP contribution in [0.25, 0.3) is 10.9 Å². The van der Waals surface area contributed by atoms with Crippen LogP contribution >= 0.6 is 0 Å². The second-order valence-corrected chi connectivity index (χ2v) is 9.60. The lowest BCUT2D eigenvalue weighted by Crippen LogP contribution is -2.66. The summed E-state index contributed by atoms with van der Waals surface area (Å²) < 4.78 is 6.00. The van der Waals surface area contributed by atoms with Crippen LogP contribution in [-0.2, 0) is 16.2 Å². The quantitative estimate of drug-likeness (QED) is 0.333. The molecule has 3 amide bonds. The minimum Gasteiger partial charge on any atom is -0.489 e. The second-order valence-electron chi connectivity index (χ2n) is 9.60. The van der Waals surface area contributed by atoms with E-state index in [1.54, 1.807) is 41.6 Å². The smallest absolute Gasteiger partial charge is 0.253 e. The highest BCUT2D eigenvalue weighted by Crippen LogP contribution is 2.34. The first-order chi connectivity index (χ1) is 17.7. The van der Waals surface area contributed by atoms with Crippen molar-refractivity contribution < 1.29 is 24.3 Å². The third-order valence-corrected chi connectivity index (χ3v) is 7.03. The molecule has 2 atom stereocenters. The molecule has 1 aromatic heterocycles. The van der Waals surface area contributed by atoms with Crippen LogP contribution < -0.4 is 15.5 Å². The first-order valence-electron chi connectivity index (χ1n) is 12.3. The Kier molecular flexibility index (Phi) is 7.73. The monoisotopic (exact) mass is 504 g/mol. The van der Waals surface area contributed by atoms with Crippen LogP contribution in [0.4, 0.5) is 0 Å². The largest absolute Gasteiger partial charge is 0.489 e. The number of ether oxygens (including phenoxy) is 1. The Labute approximate surface area is 215 Å². The van der Waals surface area contributed by atoms with E-state index in [4.69, 9.17) is 9.94 Å². The van der Waals surface area contributed by atoms with Crippen molar-refractivity contribution in [1.82, 2.24) is 20.7 Å². The molecule has 0 bridgehead atoms. The van der Waals surface area contributed by atoms with Gasteiger partial charge in [0.25, 0.3) is 5.91 Å². The van der Waals surface area contributed by atoms with Gasteiger partial charge in [-0.15, -0.1) is 0 Å². The van der Waals surface area contributed by atoms with Gasteiger partial charge in [0, 0.05) is 48.0 Å². The van der Waals surface area contributed by atoms with Gasteiger partial charge in [0.1, 0.15) is 18.0 Å². The highest BCUT2D eigenvalue weighted by atomic mass is 16.5. The van der Waals surface area contributed by atoms with Gasteiger partial charge in [0.05, 0.1) is 5.52 Å². The fourth-order valence-corrected chi connectivity index (χ4v) is 5.13. The van der Waals surface area contributed by atoms with E-state index in [9.17, 15) is 14.4 Å². The predicted molar refractivity (Wildman–Crippen MR) is 138 cm³/mol. The number of piperidine rings is 1. The topological polar surface area (TPSA) is 121 Å². The number of hydroxylamine groups is 1. The Morgan fingerprint density at radius 2 is 1.89 bits per heavy atom. The van der Waals surface area contributed by atoms with Crippen molar-refractivity contribution in [2.24, 2.45) is 5.92 Å². The van der Waals surface area contributed by atoms with E-state index in [-0.39, 0.29) is 24.2 Å². The van der Waals surface area contributed by atoms with E-state index in [2.05, 4.69) is 10.3 Å². The molecule has 2 heterocycles. The molecular formula is C28H32N4O5. The van der Waals surface area contributed by atoms with Gasteiger partial charge in [-0.1, -0.05) is 18.2 Å². The average molecular weight is 505 g/mol. The molecule has 0 radical (unpaired) electrons. The van der Waals surface area contributed by atoms with E-state index in [0.717, 1.165) is 22.2 Å². The number of fused-ring (bicyclic) bond motifs is 1. The molecule has 37 heavy (non-hydrogen) atoms. The molecule has 0 unspecified atom stereocenters. The van der Waals surface area contributed by atoms with Crippen molar-refractivity contribution in [1.29, 1.82) is 0 Å². The maximum absolute atomic E-state index is 13.2. The molecule has 2 aromatic carbocycles. The summed E-state index contributed by atoms with van der Waals surface area (Å²) in [5.41, 5.74) is 3.82. The standard InChI is InChI=1S/C28H32N4O5/c1-18-15-21(24-8-4-5-9-25(24)29-18)17-37-23-12-10-20(11-13-23)27(35)30-28(3)22(16-26(34)31-36)7-6-14-32(28)19(2)33/h4-5,8-13,15,22,36H,6-7,14,16-17H2,1-3H3,(H,30,35)(H,31,34)/t22-,28-/m0/s1. The molecular weight excluding hydrogens is 472 g/mol. The van der Waals surface area contributed by atoms with E-state index in [1.807, 2.05) is 37.3 Å². The number of hydrogen-bond acceptors (Lipinski definition) is 6. The lowest BCUT2D eigenvalue weighted by Gasteiger charge is -2.50. The molecule has 0 saturated carbocycles. The van der Waals surface area contributed by atoms with Gasteiger partial charge < -0.3 is 15.0 Å². The van der Waals surface area contributed by atoms with Crippen molar-refractivity contribution in [3.8, 4) is 5.75 Å². The number of carbonyl (C=O) groups is 3. The Balaban J connectivity index is 1.48. The minimum atomic E-state index is -1.08. The van der Waals surface area contributed by atoms with Crippen molar-refractivity contribution in [3.05, 3.63) is 71.4 Å². The number of nitrogens with zero attached hydrogens (tertiary/aromatic N) is 2. The number of likely N-dealkylation sites (tertiary alicyclic amines) is 1. The zero-order chi connectivity index (χ0) is 26.6. The molecule has 9 heteroatoms. The number of pyridine rings is 1. The third-order valence-electron chi connectivity index (χ3n) is 7.03. The molecule has 194 valence electrons. The van der Waals surface area contributed by atoms with E-state index < -0.39 is 11.6 Å². The number of aromatic nitrogens is 1. The van der Waals surface area contributed by atoms with E-state index >= 15 is 0 Å². The highest BCUT2D eigenvalue weighted by Gasteiger charge is 2.45. The predicted octanol–water partition coefficient (Wildman–Crippen LogP) is 3.72. The van der Waals surface area contributed by atoms with Crippen LogP contribution in [0.15, 0.2) is 54.6 Å². The van der Waals surface area contributed by atoms with Crippen molar-refractivity contribution in [2.75, 3.05) is 6.54 Å². The summed E-state index contributed by atoms with van der Waals surface area (Å²) in [5, 5.41) is 13.0. The molecule has 1 saturated heterocycles. The van der Waals surface area contributed by atoms with Gasteiger partial charge in [0.15, 0.2) is 0 Å². The summed E-state index contributed by atoms with van der Waals surface area (Å²) >= 11 is 0. The Morgan fingerprint density at radius 1 is 1.16 bits per heavy atom. The number of carbonyl (C=O) groups excluding carboxylic acids is 3. The minimum absolute atomic E-state index is 0.0208. The summed E-state index contributed by atoms with van der Waals surface area (Å²) in [6, 6.07) is 16.7. The van der Waals surface area contributed by atoms with Crippen molar-refractivity contribution in [3.63, 3.8) is 0 Å². The number of nitrogens with one attached hydrogen (secondary N) is 2. The summed E-state index contributed by atoms with van der Waals surface area (Å²) in [4.78, 5) is 43.6. The Morgan fingerprint density at radius 3 is 2.59 bits per heavy atom. The van der Waals surface area contributed by atoms with Crippen LogP contribution in [0.3, 0.4) is 0 Å². The van der Waals surface area contributed by atoms with Gasteiger partial charge in [-0.2, -0.15) is 0 Å². The third kappa shape index (κ3) is 5.72. The average Bonchev–Trinajstić information content (AvgIpc) is 2.88. The molecule has 9 nitrogen and oxygen atoms in total. The van der Waals surface area contributed by atoms with Crippen molar-refractivity contribution in [2.45, 2.75) is 52.3 Å². The zero-order valence-corrected chi connectivity index (χ0v) is 21.3. The number of benzene rings is 2.